The van der Waals surface area contributed by atoms with E-state index in [1.165, 1.54) is 0 Å². The Morgan fingerprint density at radius 3 is 2.78 bits per heavy atom. The van der Waals surface area contributed by atoms with Gasteiger partial charge in [0, 0.05) is 30.2 Å². The van der Waals surface area contributed by atoms with Gasteiger partial charge < -0.3 is 5.11 Å². The second-order valence-corrected chi connectivity index (χ2v) is 3.91. The van der Waals surface area contributed by atoms with Gasteiger partial charge in [0.05, 0.1) is 11.4 Å². The molecular formula is C14H11N3O. The molecule has 0 aliphatic rings. The number of aromatic nitrogens is 3. The Morgan fingerprint density at radius 2 is 2.00 bits per heavy atom. The zero-order valence-electron chi connectivity index (χ0n) is 9.56. The van der Waals surface area contributed by atoms with Crippen LogP contribution in [0.25, 0.3) is 16.9 Å². The van der Waals surface area contributed by atoms with Gasteiger partial charge in [-0.1, -0.05) is 6.07 Å². The Hall–Kier alpha value is -2.62. The fourth-order valence-corrected chi connectivity index (χ4v) is 1.77. The van der Waals surface area contributed by atoms with E-state index in [2.05, 4.69) is 10.1 Å². The molecule has 2 aromatic heterocycles. The highest BCUT2D eigenvalue weighted by atomic mass is 16.3. The molecule has 1 aromatic carbocycles. The summed E-state index contributed by atoms with van der Waals surface area (Å²) < 4.78 is 1.72. The van der Waals surface area contributed by atoms with Crippen molar-refractivity contribution < 1.29 is 5.11 Å². The van der Waals surface area contributed by atoms with Gasteiger partial charge in [-0.25, -0.2) is 4.68 Å². The van der Waals surface area contributed by atoms with Crippen LogP contribution in [0.1, 0.15) is 0 Å². The van der Waals surface area contributed by atoms with Gasteiger partial charge in [-0.2, -0.15) is 5.10 Å². The van der Waals surface area contributed by atoms with Crippen molar-refractivity contribution in [3.8, 4) is 22.7 Å². The first-order valence-electron chi connectivity index (χ1n) is 5.58. The molecule has 18 heavy (non-hydrogen) atoms. The van der Waals surface area contributed by atoms with Crippen molar-refractivity contribution in [2.45, 2.75) is 0 Å². The first kappa shape index (κ1) is 10.5. The normalized spacial score (nSPS) is 10.4. The SMILES string of the molecule is Oc1cccc(-n2ccc(-c3cccnc3)n2)c1. The maximum absolute atomic E-state index is 9.45. The zero-order valence-corrected chi connectivity index (χ0v) is 9.56. The third-order valence-corrected chi connectivity index (χ3v) is 2.64. The van der Waals surface area contributed by atoms with Gasteiger partial charge in [-0.3, -0.25) is 4.98 Å². The Morgan fingerprint density at radius 1 is 1.06 bits per heavy atom. The maximum Gasteiger partial charge on any atom is 0.117 e. The minimum atomic E-state index is 0.228. The molecule has 0 radical (unpaired) electrons. The number of pyridine rings is 1. The summed E-state index contributed by atoms with van der Waals surface area (Å²) in [5, 5.41) is 13.9. The molecule has 0 atom stereocenters. The van der Waals surface area contributed by atoms with Crippen molar-refractivity contribution in [1.29, 1.82) is 0 Å². The van der Waals surface area contributed by atoms with Crippen molar-refractivity contribution in [1.82, 2.24) is 14.8 Å². The van der Waals surface area contributed by atoms with E-state index in [0.29, 0.717) is 0 Å². The van der Waals surface area contributed by atoms with Crippen LogP contribution < -0.4 is 0 Å². The second kappa shape index (κ2) is 4.33. The third kappa shape index (κ3) is 1.96. The minimum Gasteiger partial charge on any atom is -0.508 e. The average Bonchev–Trinajstić information content (AvgIpc) is 2.89. The Kier molecular flexibility index (Phi) is 2.53. The lowest BCUT2D eigenvalue weighted by molar-refractivity contribution is 0.475. The minimum absolute atomic E-state index is 0.228. The molecule has 4 heteroatoms. The van der Waals surface area contributed by atoms with Crippen molar-refractivity contribution in [3.63, 3.8) is 0 Å². The Balaban J connectivity index is 2.00. The number of nitrogens with zero attached hydrogens (tertiary/aromatic N) is 3. The number of phenols is 1. The summed E-state index contributed by atoms with van der Waals surface area (Å²) in [7, 11) is 0. The van der Waals surface area contributed by atoms with E-state index in [0.717, 1.165) is 16.9 Å². The largest absolute Gasteiger partial charge is 0.508 e. The van der Waals surface area contributed by atoms with Gasteiger partial charge in [-0.15, -0.1) is 0 Å². The average molecular weight is 237 g/mol. The summed E-state index contributed by atoms with van der Waals surface area (Å²) in [6, 6.07) is 12.7. The van der Waals surface area contributed by atoms with E-state index >= 15 is 0 Å². The van der Waals surface area contributed by atoms with Crippen LogP contribution in [0, 0.1) is 0 Å². The summed E-state index contributed by atoms with van der Waals surface area (Å²) in [4.78, 5) is 4.07. The van der Waals surface area contributed by atoms with Crippen LogP contribution in [0.4, 0.5) is 0 Å². The quantitative estimate of drug-likeness (QED) is 0.745. The molecule has 88 valence electrons. The number of hydrogen-bond acceptors (Lipinski definition) is 3. The predicted octanol–water partition coefficient (Wildman–Crippen LogP) is 2.64. The van der Waals surface area contributed by atoms with Crippen LogP contribution in [0.15, 0.2) is 61.1 Å². The molecule has 2 heterocycles. The molecule has 0 saturated heterocycles. The van der Waals surface area contributed by atoms with Gasteiger partial charge in [0.25, 0.3) is 0 Å². The second-order valence-electron chi connectivity index (χ2n) is 3.91. The van der Waals surface area contributed by atoms with Crippen LogP contribution in [0.5, 0.6) is 5.75 Å². The molecule has 0 bridgehead atoms. The summed E-state index contributed by atoms with van der Waals surface area (Å²) in [6.45, 7) is 0. The topological polar surface area (TPSA) is 50.9 Å². The first-order chi connectivity index (χ1) is 8.83. The summed E-state index contributed by atoms with van der Waals surface area (Å²) >= 11 is 0. The first-order valence-corrected chi connectivity index (χ1v) is 5.58. The van der Waals surface area contributed by atoms with Gasteiger partial charge in [0.15, 0.2) is 0 Å². The standard InChI is InChI=1S/C14H11N3O/c18-13-5-1-4-12(9-13)17-8-6-14(16-17)11-3-2-7-15-10-11/h1-10,18H. The molecule has 0 aliphatic carbocycles. The van der Waals surface area contributed by atoms with Crippen molar-refractivity contribution in [2.75, 3.05) is 0 Å². The van der Waals surface area contributed by atoms with Gasteiger partial charge in [0.1, 0.15) is 5.75 Å². The van der Waals surface area contributed by atoms with Crippen molar-refractivity contribution in [3.05, 3.63) is 61.1 Å². The lowest BCUT2D eigenvalue weighted by Crippen LogP contribution is -1.94. The van der Waals surface area contributed by atoms with Crippen LogP contribution in [-0.4, -0.2) is 19.9 Å². The maximum atomic E-state index is 9.45. The third-order valence-electron chi connectivity index (χ3n) is 2.64. The predicted molar refractivity (Wildman–Crippen MR) is 68.5 cm³/mol. The number of aromatic hydroxyl groups is 1. The fourth-order valence-electron chi connectivity index (χ4n) is 1.77. The molecule has 0 fully saturated rings. The Bertz CT molecular complexity index is 662. The van der Waals surface area contributed by atoms with Crippen molar-refractivity contribution >= 4 is 0 Å². The molecule has 3 rings (SSSR count). The lowest BCUT2D eigenvalue weighted by Gasteiger charge is -2.01. The van der Waals surface area contributed by atoms with Crippen LogP contribution >= 0.6 is 0 Å². The monoisotopic (exact) mass is 237 g/mol. The van der Waals surface area contributed by atoms with E-state index in [-0.39, 0.29) is 5.75 Å². The summed E-state index contributed by atoms with van der Waals surface area (Å²) in [5.41, 5.74) is 2.65. The Labute approximate surface area is 104 Å². The van der Waals surface area contributed by atoms with Crippen LogP contribution in [0.3, 0.4) is 0 Å². The molecule has 3 aromatic rings. The summed E-state index contributed by atoms with van der Waals surface area (Å²) in [6.07, 6.45) is 5.36. The van der Waals surface area contributed by atoms with E-state index < -0.39 is 0 Å². The van der Waals surface area contributed by atoms with Gasteiger partial charge >= 0.3 is 0 Å². The van der Waals surface area contributed by atoms with Crippen LogP contribution in [0.2, 0.25) is 0 Å². The van der Waals surface area contributed by atoms with E-state index in [1.54, 1.807) is 35.3 Å². The molecule has 0 aliphatic heterocycles. The smallest absolute Gasteiger partial charge is 0.117 e. The molecule has 0 unspecified atom stereocenters. The zero-order chi connectivity index (χ0) is 12.4. The fraction of sp³-hybridized carbons (Fsp3) is 0. The highest BCUT2D eigenvalue weighted by Crippen LogP contribution is 2.19. The van der Waals surface area contributed by atoms with Crippen LogP contribution in [-0.2, 0) is 0 Å². The lowest BCUT2D eigenvalue weighted by atomic mass is 10.2. The highest BCUT2D eigenvalue weighted by Gasteiger charge is 2.03. The highest BCUT2D eigenvalue weighted by molar-refractivity contribution is 5.57. The number of rotatable bonds is 2. The molecule has 4 nitrogen and oxygen atoms in total. The van der Waals surface area contributed by atoms with E-state index in [9.17, 15) is 5.11 Å². The molecule has 0 spiro atoms. The molecule has 1 N–H and O–H groups in total. The number of phenolic OH excluding ortho intramolecular Hbond substituents is 1. The van der Waals surface area contributed by atoms with Crippen molar-refractivity contribution in [2.24, 2.45) is 0 Å². The van der Waals surface area contributed by atoms with Gasteiger partial charge in [-0.05, 0) is 30.3 Å². The number of benzene rings is 1. The molecule has 0 amide bonds. The number of hydrogen-bond donors (Lipinski definition) is 1. The molecular weight excluding hydrogens is 226 g/mol. The van der Waals surface area contributed by atoms with E-state index in [1.807, 2.05) is 30.5 Å². The van der Waals surface area contributed by atoms with E-state index in [4.69, 9.17) is 0 Å². The molecule has 0 saturated carbocycles. The van der Waals surface area contributed by atoms with Gasteiger partial charge in [0.2, 0.25) is 0 Å². The summed E-state index contributed by atoms with van der Waals surface area (Å²) in [5.74, 6) is 0.228.